The molecule has 1 aromatic heterocycles. The minimum atomic E-state index is -1.01. The molecule has 0 aliphatic rings. The summed E-state index contributed by atoms with van der Waals surface area (Å²) in [6, 6.07) is 0. The van der Waals surface area contributed by atoms with Gasteiger partial charge in [0.1, 0.15) is 5.60 Å². The van der Waals surface area contributed by atoms with Gasteiger partial charge in [-0.1, -0.05) is 6.92 Å². The highest BCUT2D eigenvalue weighted by molar-refractivity contribution is 5.88. The van der Waals surface area contributed by atoms with E-state index in [-0.39, 0.29) is 5.56 Å². The zero-order valence-electron chi connectivity index (χ0n) is 10.6. The van der Waals surface area contributed by atoms with Gasteiger partial charge in [0.15, 0.2) is 5.82 Å². The SMILES string of the molecule is CCOC(C)(CC)c1ncc(C(=O)O)c(C)n1. The maximum atomic E-state index is 10.9. The van der Waals surface area contributed by atoms with Crippen molar-refractivity contribution in [3.05, 3.63) is 23.3 Å². The lowest BCUT2D eigenvalue weighted by Crippen LogP contribution is -2.28. The van der Waals surface area contributed by atoms with Crippen molar-refractivity contribution in [1.82, 2.24) is 9.97 Å². The van der Waals surface area contributed by atoms with Gasteiger partial charge in [0.05, 0.1) is 11.3 Å². The monoisotopic (exact) mass is 238 g/mol. The molecule has 0 fully saturated rings. The van der Waals surface area contributed by atoms with Gasteiger partial charge in [0.2, 0.25) is 0 Å². The highest BCUT2D eigenvalue weighted by Gasteiger charge is 2.29. The number of hydrogen-bond acceptors (Lipinski definition) is 4. The van der Waals surface area contributed by atoms with E-state index in [0.717, 1.165) is 6.42 Å². The van der Waals surface area contributed by atoms with Crippen LogP contribution < -0.4 is 0 Å². The van der Waals surface area contributed by atoms with E-state index in [1.165, 1.54) is 6.20 Å². The van der Waals surface area contributed by atoms with Crippen LogP contribution in [0, 0.1) is 6.92 Å². The summed E-state index contributed by atoms with van der Waals surface area (Å²) in [4.78, 5) is 19.2. The molecule has 1 aromatic rings. The van der Waals surface area contributed by atoms with E-state index in [1.54, 1.807) is 6.92 Å². The number of carboxylic acid groups (broad SMARTS) is 1. The fourth-order valence-electron chi connectivity index (χ4n) is 1.58. The summed E-state index contributed by atoms with van der Waals surface area (Å²) in [6.07, 6.45) is 2.07. The number of ether oxygens (including phenoxy) is 1. The predicted molar refractivity (Wildman–Crippen MR) is 63.0 cm³/mol. The Morgan fingerprint density at radius 1 is 1.53 bits per heavy atom. The Morgan fingerprint density at radius 2 is 2.18 bits per heavy atom. The molecule has 5 nitrogen and oxygen atoms in total. The number of aromatic nitrogens is 2. The molecule has 0 aliphatic heterocycles. The summed E-state index contributed by atoms with van der Waals surface area (Å²) in [7, 11) is 0. The van der Waals surface area contributed by atoms with Crippen LogP contribution >= 0.6 is 0 Å². The number of carbonyl (C=O) groups is 1. The smallest absolute Gasteiger partial charge is 0.339 e. The molecule has 1 unspecified atom stereocenters. The van der Waals surface area contributed by atoms with Crippen LogP contribution in [0.2, 0.25) is 0 Å². The Bertz CT molecular complexity index is 420. The first-order valence-electron chi connectivity index (χ1n) is 5.66. The van der Waals surface area contributed by atoms with Crippen molar-refractivity contribution in [1.29, 1.82) is 0 Å². The number of aromatic carboxylic acids is 1. The Kier molecular flexibility index (Phi) is 4.17. The third-order valence-electron chi connectivity index (χ3n) is 2.82. The molecule has 0 saturated carbocycles. The van der Waals surface area contributed by atoms with Crippen molar-refractivity contribution in [2.45, 2.75) is 39.7 Å². The summed E-state index contributed by atoms with van der Waals surface area (Å²) in [6.45, 7) is 8.03. The third-order valence-corrected chi connectivity index (χ3v) is 2.82. The predicted octanol–water partition coefficient (Wildman–Crippen LogP) is 2.14. The highest BCUT2D eigenvalue weighted by Crippen LogP contribution is 2.26. The van der Waals surface area contributed by atoms with Crippen LogP contribution in [-0.4, -0.2) is 27.7 Å². The lowest BCUT2D eigenvalue weighted by atomic mass is 10.0. The minimum Gasteiger partial charge on any atom is -0.478 e. The van der Waals surface area contributed by atoms with E-state index < -0.39 is 11.6 Å². The molecule has 0 aromatic carbocycles. The zero-order valence-corrected chi connectivity index (χ0v) is 10.6. The number of carboxylic acids is 1. The normalized spacial score (nSPS) is 14.4. The second-order valence-corrected chi connectivity index (χ2v) is 4.02. The van der Waals surface area contributed by atoms with Crippen LogP contribution in [0.15, 0.2) is 6.20 Å². The third kappa shape index (κ3) is 2.79. The Labute approximate surface area is 101 Å². The van der Waals surface area contributed by atoms with Crippen LogP contribution in [0.25, 0.3) is 0 Å². The lowest BCUT2D eigenvalue weighted by Gasteiger charge is -2.26. The number of nitrogens with zero attached hydrogens (tertiary/aromatic N) is 2. The summed E-state index contributed by atoms with van der Waals surface area (Å²) in [5.74, 6) is -0.479. The summed E-state index contributed by atoms with van der Waals surface area (Å²) >= 11 is 0. The van der Waals surface area contributed by atoms with E-state index in [4.69, 9.17) is 9.84 Å². The maximum Gasteiger partial charge on any atom is 0.339 e. The van der Waals surface area contributed by atoms with Gasteiger partial charge in [0.25, 0.3) is 0 Å². The van der Waals surface area contributed by atoms with Crippen molar-refractivity contribution in [2.24, 2.45) is 0 Å². The fraction of sp³-hybridized carbons (Fsp3) is 0.583. The van der Waals surface area contributed by atoms with Crippen LogP contribution in [0.3, 0.4) is 0 Å². The summed E-state index contributed by atoms with van der Waals surface area (Å²) in [5, 5.41) is 8.91. The second kappa shape index (κ2) is 5.23. The topological polar surface area (TPSA) is 72.3 Å². The molecule has 1 rings (SSSR count). The Hall–Kier alpha value is -1.49. The number of aryl methyl sites for hydroxylation is 1. The molecule has 0 spiro atoms. The molecule has 1 heterocycles. The minimum absolute atomic E-state index is 0.128. The molecule has 0 bridgehead atoms. The molecule has 1 N–H and O–H groups in total. The molecule has 0 radical (unpaired) electrons. The van der Waals surface area contributed by atoms with E-state index in [2.05, 4.69) is 9.97 Å². The standard InChI is InChI=1S/C12H18N2O3/c1-5-12(4,17-6-2)11-13-7-9(10(15)16)8(3)14-11/h7H,5-6H2,1-4H3,(H,15,16). The lowest BCUT2D eigenvalue weighted by molar-refractivity contribution is -0.0392. The molecule has 5 heteroatoms. The van der Waals surface area contributed by atoms with Gasteiger partial charge in [-0.05, 0) is 27.2 Å². The molecule has 1 atom stereocenters. The Morgan fingerprint density at radius 3 is 2.59 bits per heavy atom. The van der Waals surface area contributed by atoms with E-state index in [9.17, 15) is 4.79 Å². The number of rotatable bonds is 5. The van der Waals surface area contributed by atoms with Gasteiger partial charge in [-0.3, -0.25) is 0 Å². The van der Waals surface area contributed by atoms with Crippen LogP contribution in [0.1, 0.15) is 49.1 Å². The zero-order chi connectivity index (χ0) is 13.1. The van der Waals surface area contributed by atoms with Gasteiger partial charge in [-0.25, -0.2) is 14.8 Å². The quantitative estimate of drug-likeness (QED) is 0.850. The second-order valence-electron chi connectivity index (χ2n) is 4.02. The largest absolute Gasteiger partial charge is 0.478 e. The van der Waals surface area contributed by atoms with Gasteiger partial charge in [-0.2, -0.15) is 0 Å². The van der Waals surface area contributed by atoms with Gasteiger partial charge >= 0.3 is 5.97 Å². The first kappa shape index (κ1) is 13.6. The fourth-order valence-corrected chi connectivity index (χ4v) is 1.58. The number of hydrogen-bond donors (Lipinski definition) is 1. The van der Waals surface area contributed by atoms with Crippen LogP contribution in [0.4, 0.5) is 0 Å². The molecular formula is C12H18N2O3. The average Bonchev–Trinajstić information content (AvgIpc) is 2.28. The van der Waals surface area contributed by atoms with Crippen molar-refractivity contribution < 1.29 is 14.6 Å². The van der Waals surface area contributed by atoms with Gasteiger partial charge in [-0.15, -0.1) is 0 Å². The van der Waals surface area contributed by atoms with Crippen molar-refractivity contribution in [3.63, 3.8) is 0 Å². The van der Waals surface area contributed by atoms with Crippen LogP contribution in [0.5, 0.6) is 0 Å². The van der Waals surface area contributed by atoms with Crippen molar-refractivity contribution >= 4 is 5.97 Å². The molecular weight excluding hydrogens is 220 g/mol. The van der Waals surface area contributed by atoms with E-state index in [0.29, 0.717) is 18.1 Å². The molecule has 17 heavy (non-hydrogen) atoms. The van der Waals surface area contributed by atoms with Gasteiger partial charge < -0.3 is 9.84 Å². The molecule has 94 valence electrons. The Balaban J connectivity index is 3.15. The molecule has 0 saturated heterocycles. The first-order chi connectivity index (χ1) is 7.94. The van der Waals surface area contributed by atoms with Crippen molar-refractivity contribution in [3.8, 4) is 0 Å². The summed E-state index contributed by atoms with van der Waals surface area (Å²) in [5.41, 5.74) is 0.0295. The average molecular weight is 238 g/mol. The van der Waals surface area contributed by atoms with Gasteiger partial charge in [0, 0.05) is 12.8 Å². The maximum absolute atomic E-state index is 10.9. The van der Waals surface area contributed by atoms with E-state index >= 15 is 0 Å². The molecule has 0 aliphatic carbocycles. The van der Waals surface area contributed by atoms with E-state index in [1.807, 2.05) is 20.8 Å². The first-order valence-corrected chi connectivity index (χ1v) is 5.66. The van der Waals surface area contributed by atoms with Crippen LogP contribution in [-0.2, 0) is 10.3 Å². The summed E-state index contributed by atoms with van der Waals surface area (Å²) < 4.78 is 5.65. The highest BCUT2D eigenvalue weighted by atomic mass is 16.5. The molecule has 0 amide bonds. The van der Waals surface area contributed by atoms with Crippen molar-refractivity contribution in [2.75, 3.05) is 6.61 Å².